The SMILES string of the molecule is O=C(NC1CCN(Cc2ccccc2)CC1)[C@H]1c2ccccc2C(=O)N(C2CCCC2)[C@@H]1c1cccs1. The van der Waals surface area contributed by atoms with Crippen molar-refractivity contribution in [2.24, 2.45) is 0 Å². The summed E-state index contributed by atoms with van der Waals surface area (Å²) in [6, 6.07) is 22.6. The van der Waals surface area contributed by atoms with E-state index in [-0.39, 0.29) is 29.9 Å². The molecule has 3 heterocycles. The second-order valence-corrected chi connectivity index (χ2v) is 11.7. The average molecular weight is 514 g/mol. The van der Waals surface area contributed by atoms with Crippen molar-refractivity contribution >= 4 is 23.2 Å². The van der Waals surface area contributed by atoms with Crippen LogP contribution in [0, 0.1) is 0 Å². The minimum absolute atomic E-state index is 0.0582. The number of rotatable bonds is 6. The van der Waals surface area contributed by atoms with Crippen molar-refractivity contribution in [3.63, 3.8) is 0 Å². The van der Waals surface area contributed by atoms with Crippen LogP contribution in [0.1, 0.15) is 76.8 Å². The number of hydrogen-bond donors (Lipinski definition) is 1. The van der Waals surface area contributed by atoms with E-state index in [1.165, 1.54) is 5.56 Å². The number of amides is 2. The van der Waals surface area contributed by atoms with Crippen LogP contribution in [-0.4, -0.2) is 46.8 Å². The van der Waals surface area contributed by atoms with Gasteiger partial charge in [0.1, 0.15) is 0 Å². The van der Waals surface area contributed by atoms with Gasteiger partial charge in [0.05, 0.1) is 12.0 Å². The van der Waals surface area contributed by atoms with E-state index >= 15 is 0 Å². The summed E-state index contributed by atoms with van der Waals surface area (Å²) >= 11 is 1.66. The van der Waals surface area contributed by atoms with Gasteiger partial charge in [0.2, 0.25) is 5.91 Å². The molecule has 1 aliphatic carbocycles. The first-order valence-corrected chi connectivity index (χ1v) is 14.6. The molecule has 1 saturated heterocycles. The molecular weight excluding hydrogens is 478 g/mol. The molecule has 2 aromatic carbocycles. The van der Waals surface area contributed by atoms with Crippen LogP contribution in [0.15, 0.2) is 72.1 Å². The lowest BCUT2D eigenvalue weighted by atomic mass is 9.80. The maximum atomic E-state index is 14.1. The molecule has 3 aromatic rings. The van der Waals surface area contributed by atoms with E-state index in [1.54, 1.807) is 11.3 Å². The molecule has 6 heteroatoms. The molecule has 2 fully saturated rings. The molecule has 0 unspecified atom stereocenters. The Morgan fingerprint density at radius 3 is 2.35 bits per heavy atom. The van der Waals surface area contributed by atoms with Crippen molar-refractivity contribution in [2.75, 3.05) is 13.1 Å². The summed E-state index contributed by atoms with van der Waals surface area (Å²) in [5, 5.41) is 5.49. The van der Waals surface area contributed by atoms with Crippen molar-refractivity contribution in [2.45, 2.75) is 69.1 Å². The Morgan fingerprint density at radius 1 is 0.892 bits per heavy atom. The first-order chi connectivity index (χ1) is 18.2. The Hall–Kier alpha value is -2.96. The highest BCUT2D eigenvalue weighted by molar-refractivity contribution is 7.10. The van der Waals surface area contributed by atoms with Gasteiger partial charge in [-0.2, -0.15) is 0 Å². The maximum Gasteiger partial charge on any atom is 0.254 e. The molecule has 2 aliphatic heterocycles. The van der Waals surface area contributed by atoms with Gasteiger partial charge in [0, 0.05) is 42.2 Å². The van der Waals surface area contributed by atoms with Gasteiger partial charge in [-0.3, -0.25) is 14.5 Å². The zero-order chi connectivity index (χ0) is 25.2. The summed E-state index contributed by atoms with van der Waals surface area (Å²) in [6.45, 7) is 2.90. The van der Waals surface area contributed by atoms with Crippen molar-refractivity contribution in [1.82, 2.24) is 15.1 Å². The average Bonchev–Trinajstić information content (AvgIpc) is 3.65. The number of hydrogen-bond acceptors (Lipinski definition) is 4. The van der Waals surface area contributed by atoms with Gasteiger partial charge in [0.25, 0.3) is 5.91 Å². The van der Waals surface area contributed by atoms with Gasteiger partial charge in [-0.15, -0.1) is 11.3 Å². The zero-order valence-corrected chi connectivity index (χ0v) is 22.0. The summed E-state index contributed by atoms with van der Waals surface area (Å²) < 4.78 is 0. The smallest absolute Gasteiger partial charge is 0.254 e. The number of nitrogens with zero attached hydrogens (tertiary/aromatic N) is 2. The molecule has 0 spiro atoms. The Bertz CT molecular complexity index is 1210. The molecule has 1 aromatic heterocycles. The monoisotopic (exact) mass is 513 g/mol. The predicted molar refractivity (Wildman–Crippen MR) is 148 cm³/mol. The van der Waals surface area contributed by atoms with Gasteiger partial charge >= 0.3 is 0 Å². The van der Waals surface area contributed by atoms with E-state index in [2.05, 4.69) is 56.9 Å². The standard InChI is InChI=1S/C31H35N3O2S/c35-30(32-23-16-18-33(19-17-23)21-22-9-2-1-3-10-22)28-25-13-6-7-14-26(25)31(36)34(24-11-4-5-12-24)29(28)27-15-8-20-37-27/h1-3,6-10,13-15,20,23-24,28-29H,4-5,11-12,16-19,21H2,(H,32,35)/t28-,29+/m0/s1. The van der Waals surface area contributed by atoms with Crippen LogP contribution in [0.25, 0.3) is 0 Å². The van der Waals surface area contributed by atoms with E-state index in [1.807, 2.05) is 30.3 Å². The van der Waals surface area contributed by atoms with Gasteiger partial charge in [0.15, 0.2) is 0 Å². The Labute approximate surface area is 223 Å². The fourth-order valence-electron chi connectivity index (χ4n) is 6.55. The third kappa shape index (κ3) is 4.97. The summed E-state index contributed by atoms with van der Waals surface area (Å²) in [5.41, 5.74) is 2.90. The lowest BCUT2D eigenvalue weighted by Crippen LogP contribution is -2.52. The van der Waals surface area contributed by atoms with Crippen molar-refractivity contribution in [1.29, 1.82) is 0 Å². The molecule has 2 amide bonds. The molecule has 2 atom stereocenters. The van der Waals surface area contributed by atoms with Crippen LogP contribution < -0.4 is 5.32 Å². The molecule has 6 rings (SSSR count). The molecule has 3 aliphatic rings. The minimum Gasteiger partial charge on any atom is -0.353 e. The Balaban J connectivity index is 1.24. The van der Waals surface area contributed by atoms with E-state index in [0.717, 1.165) is 68.6 Å². The van der Waals surface area contributed by atoms with Gasteiger partial charge in [-0.25, -0.2) is 0 Å². The molecular formula is C31H35N3O2S. The second-order valence-electron chi connectivity index (χ2n) is 10.7. The van der Waals surface area contributed by atoms with Gasteiger partial charge < -0.3 is 10.2 Å². The number of likely N-dealkylation sites (tertiary alicyclic amines) is 1. The van der Waals surface area contributed by atoms with E-state index in [9.17, 15) is 9.59 Å². The lowest BCUT2D eigenvalue weighted by molar-refractivity contribution is -0.125. The van der Waals surface area contributed by atoms with Crippen LogP contribution in [0.3, 0.4) is 0 Å². The van der Waals surface area contributed by atoms with Crippen LogP contribution in [0.4, 0.5) is 0 Å². The predicted octanol–water partition coefficient (Wildman–Crippen LogP) is 5.75. The number of carbonyl (C=O) groups excluding carboxylic acids is 2. The quantitative estimate of drug-likeness (QED) is 0.457. The van der Waals surface area contributed by atoms with E-state index in [4.69, 9.17) is 0 Å². The molecule has 5 nitrogen and oxygen atoms in total. The fourth-order valence-corrected chi connectivity index (χ4v) is 7.41. The highest BCUT2D eigenvalue weighted by Crippen LogP contribution is 2.47. The third-order valence-corrected chi connectivity index (χ3v) is 9.34. The Morgan fingerprint density at radius 2 is 1.62 bits per heavy atom. The first-order valence-electron chi connectivity index (χ1n) is 13.7. The number of fused-ring (bicyclic) bond motifs is 1. The number of thiophene rings is 1. The van der Waals surface area contributed by atoms with Gasteiger partial charge in [-0.05, 0) is 54.3 Å². The second kappa shape index (κ2) is 10.8. The summed E-state index contributed by atoms with van der Waals surface area (Å²) in [4.78, 5) is 33.6. The minimum atomic E-state index is -0.393. The highest BCUT2D eigenvalue weighted by Gasteiger charge is 2.47. The van der Waals surface area contributed by atoms with Crippen LogP contribution >= 0.6 is 11.3 Å². The normalized spacial score (nSPS) is 23.2. The van der Waals surface area contributed by atoms with Gasteiger partial charge in [-0.1, -0.05) is 67.4 Å². The number of benzene rings is 2. The highest BCUT2D eigenvalue weighted by atomic mass is 32.1. The third-order valence-electron chi connectivity index (χ3n) is 8.39. The Kier molecular flexibility index (Phi) is 7.12. The van der Waals surface area contributed by atoms with Crippen molar-refractivity contribution < 1.29 is 9.59 Å². The summed E-state index contributed by atoms with van der Waals surface area (Å²) in [7, 11) is 0. The van der Waals surface area contributed by atoms with Crippen LogP contribution in [-0.2, 0) is 11.3 Å². The summed E-state index contributed by atoms with van der Waals surface area (Å²) in [5.74, 6) is -0.252. The molecule has 192 valence electrons. The van der Waals surface area contributed by atoms with Crippen molar-refractivity contribution in [3.05, 3.63) is 93.7 Å². The van der Waals surface area contributed by atoms with Crippen LogP contribution in [0.5, 0.6) is 0 Å². The zero-order valence-electron chi connectivity index (χ0n) is 21.2. The van der Waals surface area contributed by atoms with Crippen molar-refractivity contribution in [3.8, 4) is 0 Å². The first kappa shape index (κ1) is 24.4. The largest absolute Gasteiger partial charge is 0.353 e. The number of carbonyl (C=O) groups is 2. The van der Waals surface area contributed by atoms with Crippen LogP contribution in [0.2, 0.25) is 0 Å². The molecule has 0 radical (unpaired) electrons. The molecule has 1 N–H and O–H groups in total. The molecule has 0 bridgehead atoms. The van der Waals surface area contributed by atoms with E-state index < -0.39 is 5.92 Å². The summed E-state index contributed by atoms with van der Waals surface area (Å²) in [6.07, 6.45) is 6.22. The molecule has 37 heavy (non-hydrogen) atoms. The van der Waals surface area contributed by atoms with E-state index in [0.29, 0.717) is 5.56 Å². The lowest BCUT2D eigenvalue weighted by Gasteiger charge is -2.44. The number of nitrogens with one attached hydrogen (secondary N) is 1. The molecule has 1 saturated carbocycles. The topological polar surface area (TPSA) is 52.7 Å². The fraction of sp³-hybridized carbons (Fsp3) is 0.419. The maximum absolute atomic E-state index is 14.1. The number of piperidine rings is 1.